The molecule has 1 heterocycles. The van der Waals surface area contributed by atoms with E-state index in [9.17, 15) is 17.6 Å². The minimum absolute atomic E-state index is 0.0453. The summed E-state index contributed by atoms with van der Waals surface area (Å²) >= 11 is 2.99. The topological polar surface area (TPSA) is 89.3 Å². The quantitative estimate of drug-likeness (QED) is 0.861. The first-order chi connectivity index (χ1) is 9.81. The molecule has 1 N–H and O–H groups in total. The summed E-state index contributed by atoms with van der Waals surface area (Å²) < 4.78 is 40.0. The number of benzene rings is 1. The molecule has 0 unspecified atom stereocenters. The third-order valence-corrected chi connectivity index (χ3v) is 4.86. The highest BCUT2D eigenvalue weighted by Crippen LogP contribution is 2.25. The second-order valence-corrected chi connectivity index (χ2v) is 7.15. The molecule has 0 fully saturated rings. The Hall–Kier alpha value is -1.74. The van der Waals surface area contributed by atoms with Crippen molar-refractivity contribution < 1.29 is 22.7 Å². The number of hydrogen-bond acceptors (Lipinski definition) is 4. The molecule has 2 aromatic rings. The third-order valence-electron chi connectivity index (χ3n) is 2.72. The minimum atomic E-state index is -3.97. The number of carboxylic acids is 1. The van der Waals surface area contributed by atoms with Crippen LogP contribution in [0, 0.1) is 5.82 Å². The number of aryl methyl sites for hydroxylation is 1. The van der Waals surface area contributed by atoms with Crippen LogP contribution in [-0.4, -0.2) is 35.0 Å². The van der Waals surface area contributed by atoms with Crippen LogP contribution in [0.15, 0.2) is 40.0 Å². The number of hydrogen-bond donors (Lipinski definition) is 1. The molecular formula is C12H10BrFN2O4S. The zero-order chi connectivity index (χ0) is 15.6. The van der Waals surface area contributed by atoms with Crippen LogP contribution < -0.4 is 0 Å². The van der Waals surface area contributed by atoms with Crippen molar-refractivity contribution in [3.8, 4) is 0 Å². The van der Waals surface area contributed by atoms with Gasteiger partial charge in [-0.25, -0.2) is 17.6 Å². The molecule has 9 heteroatoms. The Bertz CT molecular complexity index is 775. The predicted octanol–water partition coefficient (Wildman–Crippen LogP) is 1.96. The molecule has 112 valence electrons. The molecule has 0 amide bonds. The van der Waals surface area contributed by atoms with E-state index in [2.05, 4.69) is 21.0 Å². The summed E-state index contributed by atoms with van der Waals surface area (Å²) in [4.78, 5) is 10.3. The van der Waals surface area contributed by atoms with E-state index < -0.39 is 32.1 Å². The number of carbonyl (C=O) groups is 1. The van der Waals surface area contributed by atoms with Crippen molar-refractivity contribution in [2.24, 2.45) is 0 Å². The summed E-state index contributed by atoms with van der Waals surface area (Å²) in [5.41, 5.74) is -0.693. The molecule has 21 heavy (non-hydrogen) atoms. The van der Waals surface area contributed by atoms with Gasteiger partial charge in [-0.15, -0.1) is 0 Å². The van der Waals surface area contributed by atoms with Crippen LogP contribution >= 0.6 is 15.9 Å². The van der Waals surface area contributed by atoms with Gasteiger partial charge in [0.25, 0.3) is 0 Å². The highest BCUT2D eigenvalue weighted by molar-refractivity contribution is 9.10. The molecule has 2 rings (SSSR count). The fourth-order valence-corrected chi connectivity index (χ4v) is 3.65. The zero-order valence-corrected chi connectivity index (χ0v) is 12.9. The van der Waals surface area contributed by atoms with Crippen molar-refractivity contribution in [1.82, 2.24) is 9.78 Å². The zero-order valence-electron chi connectivity index (χ0n) is 10.5. The number of carboxylic acid groups (broad SMARTS) is 1. The van der Waals surface area contributed by atoms with Gasteiger partial charge < -0.3 is 5.11 Å². The van der Waals surface area contributed by atoms with Crippen molar-refractivity contribution in [3.05, 3.63) is 46.4 Å². The van der Waals surface area contributed by atoms with Crippen LogP contribution in [-0.2, 0) is 16.4 Å². The van der Waals surface area contributed by atoms with Crippen molar-refractivity contribution in [1.29, 1.82) is 0 Å². The lowest BCUT2D eigenvalue weighted by Gasteiger charge is -2.09. The Morgan fingerprint density at radius 1 is 1.43 bits per heavy atom. The molecular weight excluding hydrogens is 367 g/mol. The Labute approximate surface area is 128 Å². The van der Waals surface area contributed by atoms with Crippen molar-refractivity contribution >= 4 is 31.7 Å². The van der Waals surface area contributed by atoms with Crippen molar-refractivity contribution in [3.63, 3.8) is 0 Å². The summed E-state index contributed by atoms with van der Waals surface area (Å²) in [6.07, 6.45) is 3.07. The molecule has 0 bridgehead atoms. The maximum atomic E-state index is 14.1. The summed E-state index contributed by atoms with van der Waals surface area (Å²) in [5.74, 6) is -3.18. The molecule has 1 aromatic heterocycles. The van der Waals surface area contributed by atoms with Gasteiger partial charge >= 0.3 is 5.97 Å². The van der Waals surface area contributed by atoms with Gasteiger partial charge in [-0.3, -0.25) is 4.68 Å². The Kier molecular flexibility index (Phi) is 4.43. The number of aromatic nitrogens is 2. The normalized spacial score (nSPS) is 11.5. The number of nitrogens with zero attached hydrogens (tertiary/aromatic N) is 2. The van der Waals surface area contributed by atoms with Gasteiger partial charge in [-0.1, -0.05) is 15.9 Å². The number of halogens is 2. The minimum Gasteiger partial charge on any atom is -0.478 e. The molecule has 6 nitrogen and oxygen atoms in total. The first kappa shape index (κ1) is 15.6. The maximum absolute atomic E-state index is 14.1. The standard InChI is InChI=1S/C12H10BrFN2O4S/c13-8-6-9(12(17)18)11(14)10(7-8)21(19,20)5-4-16-3-1-2-15-16/h1-3,6-7H,4-5H2,(H,17,18). The fourth-order valence-electron chi connectivity index (χ4n) is 1.70. The van der Waals surface area contributed by atoms with Gasteiger partial charge in [0.2, 0.25) is 0 Å². The molecule has 0 spiro atoms. The Balaban J connectivity index is 2.37. The van der Waals surface area contributed by atoms with Crippen LogP contribution in [0.3, 0.4) is 0 Å². The summed E-state index contributed by atoms with van der Waals surface area (Å²) in [5, 5.41) is 12.7. The molecule has 0 saturated heterocycles. The van der Waals surface area contributed by atoms with Crippen molar-refractivity contribution in [2.75, 3.05) is 5.75 Å². The van der Waals surface area contributed by atoms with Crippen LogP contribution in [0.25, 0.3) is 0 Å². The summed E-state index contributed by atoms with van der Waals surface area (Å²) in [6.45, 7) is 0.0453. The Morgan fingerprint density at radius 2 is 2.14 bits per heavy atom. The molecule has 0 saturated carbocycles. The maximum Gasteiger partial charge on any atom is 0.338 e. The monoisotopic (exact) mass is 376 g/mol. The smallest absolute Gasteiger partial charge is 0.338 e. The van der Waals surface area contributed by atoms with E-state index in [4.69, 9.17) is 5.11 Å². The van der Waals surface area contributed by atoms with Gasteiger partial charge in [0, 0.05) is 16.9 Å². The van der Waals surface area contributed by atoms with Crippen LogP contribution in [0.2, 0.25) is 0 Å². The van der Waals surface area contributed by atoms with E-state index in [1.54, 1.807) is 12.3 Å². The van der Waals surface area contributed by atoms with Gasteiger partial charge in [-0.05, 0) is 18.2 Å². The van der Waals surface area contributed by atoms with Crippen LogP contribution in [0.1, 0.15) is 10.4 Å². The molecule has 0 aliphatic carbocycles. The van der Waals surface area contributed by atoms with Crippen LogP contribution in [0.5, 0.6) is 0 Å². The van der Waals surface area contributed by atoms with Gasteiger partial charge in [-0.2, -0.15) is 5.10 Å². The SMILES string of the molecule is O=C(O)c1cc(Br)cc(S(=O)(=O)CCn2cccn2)c1F. The van der Waals surface area contributed by atoms with Gasteiger partial charge in [0.05, 0.1) is 17.9 Å². The van der Waals surface area contributed by atoms with E-state index in [0.717, 1.165) is 12.1 Å². The third kappa shape index (κ3) is 3.48. The van der Waals surface area contributed by atoms with E-state index in [-0.39, 0.29) is 16.8 Å². The highest BCUT2D eigenvalue weighted by atomic mass is 79.9. The van der Waals surface area contributed by atoms with Crippen molar-refractivity contribution in [2.45, 2.75) is 11.4 Å². The highest BCUT2D eigenvalue weighted by Gasteiger charge is 2.25. The summed E-state index contributed by atoms with van der Waals surface area (Å²) in [7, 11) is -3.97. The largest absolute Gasteiger partial charge is 0.478 e. The second-order valence-electron chi connectivity index (χ2n) is 4.16. The lowest BCUT2D eigenvalue weighted by Crippen LogP contribution is -2.16. The lowest BCUT2D eigenvalue weighted by atomic mass is 10.2. The van der Waals surface area contributed by atoms with Gasteiger partial charge in [0.1, 0.15) is 4.90 Å². The average Bonchev–Trinajstić information content (AvgIpc) is 2.91. The number of aromatic carboxylic acids is 1. The first-order valence-corrected chi connectivity index (χ1v) is 8.18. The van der Waals surface area contributed by atoms with Crippen LogP contribution in [0.4, 0.5) is 4.39 Å². The molecule has 0 atom stereocenters. The lowest BCUT2D eigenvalue weighted by molar-refractivity contribution is 0.0691. The van der Waals surface area contributed by atoms with Gasteiger partial charge in [0.15, 0.2) is 15.7 Å². The molecule has 0 radical (unpaired) electrons. The number of rotatable bonds is 5. The van der Waals surface area contributed by atoms with E-state index in [1.807, 2.05) is 0 Å². The Morgan fingerprint density at radius 3 is 2.71 bits per heavy atom. The van der Waals surface area contributed by atoms with E-state index >= 15 is 0 Å². The molecule has 0 aliphatic heterocycles. The predicted molar refractivity (Wildman–Crippen MR) is 75.3 cm³/mol. The number of sulfone groups is 1. The van der Waals surface area contributed by atoms with E-state index in [1.165, 1.54) is 10.9 Å². The summed E-state index contributed by atoms with van der Waals surface area (Å²) in [6, 6.07) is 3.71. The second kappa shape index (κ2) is 5.94. The van der Waals surface area contributed by atoms with E-state index in [0.29, 0.717) is 0 Å². The fraction of sp³-hybridized carbons (Fsp3) is 0.167. The molecule has 0 aliphatic rings. The average molecular weight is 377 g/mol. The molecule has 1 aromatic carbocycles. The first-order valence-electron chi connectivity index (χ1n) is 5.74.